The van der Waals surface area contributed by atoms with E-state index >= 15 is 0 Å². The van der Waals surface area contributed by atoms with E-state index in [-0.39, 0.29) is 6.04 Å². The van der Waals surface area contributed by atoms with Gasteiger partial charge in [-0.05, 0) is 25.1 Å². The summed E-state index contributed by atoms with van der Waals surface area (Å²) in [5.41, 5.74) is 1.21. The molecule has 3 heteroatoms. The molecule has 0 fully saturated rings. The molecule has 0 aromatic heterocycles. The second-order valence-electron chi connectivity index (χ2n) is 3.57. The van der Waals surface area contributed by atoms with Crippen LogP contribution in [0, 0.1) is 11.3 Å². The van der Waals surface area contributed by atoms with Gasteiger partial charge in [0.15, 0.2) is 0 Å². The average Bonchev–Trinajstić information content (AvgIpc) is 2.35. The molecule has 3 nitrogen and oxygen atoms in total. The van der Waals surface area contributed by atoms with Crippen LogP contribution in [0.5, 0.6) is 5.75 Å². The molecule has 16 heavy (non-hydrogen) atoms. The van der Waals surface area contributed by atoms with Gasteiger partial charge in [-0.2, -0.15) is 5.26 Å². The molecule has 1 aromatic carbocycles. The first-order chi connectivity index (χ1) is 7.81. The molecule has 0 heterocycles. The minimum absolute atomic E-state index is 0.131. The van der Waals surface area contributed by atoms with E-state index in [1.54, 1.807) is 7.05 Å². The third-order valence-corrected chi connectivity index (χ3v) is 2.52. The average molecular weight is 218 g/mol. The van der Waals surface area contributed by atoms with Gasteiger partial charge in [-0.25, -0.2) is 0 Å². The first-order valence-electron chi connectivity index (χ1n) is 5.59. The third kappa shape index (κ3) is 3.56. The van der Waals surface area contributed by atoms with Crippen LogP contribution in [0.25, 0.3) is 0 Å². The Morgan fingerprint density at radius 3 is 2.81 bits per heavy atom. The third-order valence-electron chi connectivity index (χ3n) is 2.52. The van der Waals surface area contributed by atoms with Crippen molar-refractivity contribution in [2.24, 2.45) is 0 Å². The summed E-state index contributed by atoms with van der Waals surface area (Å²) < 4.78 is 5.67. The molecular formula is C13H18N2O. The topological polar surface area (TPSA) is 45.0 Å². The van der Waals surface area contributed by atoms with E-state index in [0.29, 0.717) is 13.0 Å². The highest BCUT2D eigenvalue weighted by Gasteiger charge is 2.05. The van der Waals surface area contributed by atoms with Crippen molar-refractivity contribution >= 4 is 0 Å². The van der Waals surface area contributed by atoms with Crippen LogP contribution in [-0.2, 0) is 6.42 Å². The fourth-order valence-corrected chi connectivity index (χ4v) is 1.50. The number of rotatable bonds is 6. The molecule has 1 rings (SSSR count). The fraction of sp³-hybridized carbons (Fsp3) is 0.462. The Morgan fingerprint density at radius 2 is 2.19 bits per heavy atom. The number of nitriles is 1. The van der Waals surface area contributed by atoms with E-state index in [9.17, 15) is 0 Å². The molecule has 0 saturated heterocycles. The maximum atomic E-state index is 8.76. The minimum atomic E-state index is -0.131. The van der Waals surface area contributed by atoms with Gasteiger partial charge in [0.05, 0.1) is 18.7 Å². The quantitative estimate of drug-likeness (QED) is 0.795. The van der Waals surface area contributed by atoms with Gasteiger partial charge in [0.2, 0.25) is 0 Å². The molecular weight excluding hydrogens is 200 g/mol. The van der Waals surface area contributed by atoms with Crippen LogP contribution in [0.3, 0.4) is 0 Å². The Morgan fingerprint density at radius 1 is 1.44 bits per heavy atom. The number of nitrogens with one attached hydrogen (secondary N) is 1. The molecule has 0 bridgehead atoms. The van der Waals surface area contributed by atoms with E-state index in [1.165, 1.54) is 5.56 Å². The fourth-order valence-electron chi connectivity index (χ4n) is 1.50. The monoisotopic (exact) mass is 218 g/mol. The standard InChI is InChI=1S/C13H18N2O/c1-3-11-6-4-5-7-13(11)16-9-8-12(10-14)15-2/h4-7,12,15H,3,8-9H2,1-2H3. The number of hydrogen-bond acceptors (Lipinski definition) is 3. The highest BCUT2D eigenvalue weighted by atomic mass is 16.5. The Balaban J connectivity index is 2.46. The van der Waals surface area contributed by atoms with Crippen molar-refractivity contribution in [1.82, 2.24) is 5.32 Å². The van der Waals surface area contributed by atoms with Crippen LogP contribution in [0.1, 0.15) is 18.9 Å². The molecule has 0 aliphatic heterocycles. The summed E-state index contributed by atoms with van der Waals surface area (Å²) in [5, 5.41) is 11.7. The first kappa shape index (κ1) is 12.5. The van der Waals surface area contributed by atoms with E-state index in [0.717, 1.165) is 12.2 Å². The van der Waals surface area contributed by atoms with Gasteiger partial charge in [0, 0.05) is 6.42 Å². The number of hydrogen-bond donors (Lipinski definition) is 1. The van der Waals surface area contributed by atoms with Crippen molar-refractivity contribution in [3.8, 4) is 11.8 Å². The zero-order valence-electron chi connectivity index (χ0n) is 9.86. The van der Waals surface area contributed by atoms with Gasteiger partial charge in [-0.1, -0.05) is 25.1 Å². The molecule has 0 spiro atoms. The maximum Gasteiger partial charge on any atom is 0.122 e. The molecule has 1 aromatic rings. The molecule has 1 N–H and O–H groups in total. The number of benzene rings is 1. The predicted molar refractivity (Wildman–Crippen MR) is 64.4 cm³/mol. The van der Waals surface area contributed by atoms with Gasteiger partial charge in [0.1, 0.15) is 5.75 Å². The Hall–Kier alpha value is -1.53. The van der Waals surface area contributed by atoms with Crippen LogP contribution in [0.4, 0.5) is 0 Å². The van der Waals surface area contributed by atoms with Crippen molar-refractivity contribution in [2.75, 3.05) is 13.7 Å². The van der Waals surface area contributed by atoms with Crippen molar-refractivity contribution in [1.29, 1.82) is 5.26 Å². The maximum absolute atomic E-state index is 8.76. The molecule has 0 saturated carbocycles. The van der Waals surface area contributed by atoms with Crippen molar-refractivity contribution in [3.63, 3.8) is 0 Å². The number of para-hydroxylation sites is 1. The summed E-state index contributed by atoms with van der Waals surface area (Å²) in [6.07, 6.45) is 1.66. The molecule has 0 aliphatic rings. The molecule has 0 amide bonds. The SMILES string of the molecule is CCc1ccccc1OCCC(C#N)NC. The summed E-state index contributed by atoms with van der Waals surface area (Å²) in [6.45, 7) is 2.67. The van der Waals surface area contributed by atoms with Gasteiger partial charge >= 0.3 is 0 Å². The van der Waals surface area contributed by atoms with Crippen LogP contribution >= 0.6 is 0 Å². The lowest BCUT2D eigenvalue weighted by atomic mass is 10.1. The zero-order valence-corrected chi connectivity index (χ0v) is 9.86. The lowest BCUT2D eigenvalue weighted by molar-refractivity contribution is 0.297. The van der Waals surface area contributed by atoms with Crippen LogP contribution in [0.2, 0.25) is 0 Å². The second kappa shape index (κ2) is 6.86. The Labute approximate surface area is 97.0 Å². The lowest BCUT2D eigenvalue weighted by Gasteiger charge is -2.11. The predicted octanol–water partition coefficient (Wildman–Crippen LogP) is 2.13. The molecule has 0 aliphatic carbocycles. The summed E-state index contributed by atoms with van der Waals surface area (Å²) in [6, 6.07) is 10.1. The summed E-state index contributed by atoms with van der Waals surface area (Å²) in [7, 11) is 1.79. The molecule has 0 radical (unpaired) electrons. The highest BCUT2D eigenvalue weighted by molar-refractivity contribution is 5.33. The van der Waals surface area contributed by atoms with Crippen LogP contribution in [-0.4, -0.2) is 19.7 Å². The van der Waals surface area contributed by atoms with E-state index < -0.39 is 0 Å². The number of aryl methyl sites for hydroxylation is 1. The minimum Gasteiger partial charge on any atom is -0.493 e. The van der Waals surface area contributed by atoms with Crippen molar-refractivity contribution in [3.05, 3.63) is 29.8 Å². The second-order valence-corrected chi connectivity index (χ2v) is 3.57. The summed E-state index contributed by atoms with van der Waals surface area (Å²) in [5.74, 6) is 0.929. The molecule has 1 atom stereocenters. The molecule has 1 unspecified atom stereocenters. The lowest BCUT2D eigenvalue weighted by Crippen LogP contribution is -2.25. The normalized spacial score (nSPS) is 11.8. The smallest absolute Gasteiger partial charge is 0.122 e. The highest BCUT2D eigenvalue weighted by Crippen LogP contribution is 2.18. The largest absolute Gasteiger partial charge is 0.493 e. The number of ether oxygens (including phenoxy) is 1. The van der Waals surface area contributed by atoms with E-state index in [4.69, 9.17) is 10.00 Å². The van der Waals surface area contributed by atoms with Crippen LogP contribution < -0.4 is 10.1 Å². The van der Waals surface area contributed by atoms with Crippen molar-refractivity contribution < 1.29 is 4.74 Å². The first-order valence-corrected chi connectivity index (χ1v) is 5.59. The van der Waals surface area contributed by atoms with E-state index in [1.807, 2.05) is 18.2 Å². The van der Waals surface area contributed by atoms with Gasteiger partial charge < -0.3 is 10.1 Å². The number of nitrogens with zero attached hydrogens (tertiary/aromatic N) is 1. The van der Waals surface area contributed by atoms with Gasteiger partial charge in [-0.15, -0.1) is 0 Å². The van der Waals surface area contributed by atoms with Gasteiger partial charge in [-0.3, -0.25) is 0 Å². The van der Waals surface area contributed by atoms with Crippen LogP contribution in [0.15, 0.2) is 24.3 Å². The van der Waals surface area contributed by atoms with Crippen molar-refractivity contribution in [2.45, 2.75) is 25.8 Å². The van der Waals surface area contributed by atoms with E-state index in [2.05, 4.69) is 24.4 Å². The zero-order chi connectivity index (χ0) is 11.8. The Bertz CT molecular complexity index is 357. The van der Waals surface area contributed by atoms with Gasteiger partial charge in [0.25, 0.3) is 0 Å². The summed E-state index contributed by atoms with van der Waals surface area (Å²) in [4.78, 5) is 0. The Kier molecular flexibility index (Phi) is 5.38. The molecule has 86 valence electrons. The summed E-state index contributed by atoms with van der Waals surface area (Å²) >= 11 is 0.